The van der Waals surface area contributed by atoms with Crippen molar-refractivity contribution in [3.05, 3.63) is 53.6 Å². The molecule has 3 heterocycles. The monoisotopic (exact) mass is 438 g/mol. The highest BCUT2D eigenvalue weighted by Gasteiger charge is 2.35. The van der Waals surface area contributed by atoms with Crippen LogP contribution in [-0.4, -0.2) is 44.7 Å². The van der Waals surface area contributed by atoms with E-state index in [0.717, 1.165) is 12.1 Å². The highest BCUT2D eigenvalue weighted by molar-refractivity contribution is 6.07. The molecule has 1 amide bonds. The molecule has 0 radical (unpaired) electrons. The van der Waals surface area contributed by atoms with Crippen molar-refractivity contribution in [2.24, 2.45) is 14.1 Å². The van der Waals surface area contributed by atoms with Crippen molar-refractivity contribution in [2.75, 3.05) is 23.3 Å². The fraction of sp³-hybridized carbons (Fsp3) is 0.316. The van der Waals surface area contributed by atoms with Crippen LogP contribution < -0.4 is 15.0 Å². The van der Waals surface area contributed by atoms with Crippen LogP contribution in [-0.2, 0) is 20.3 Å². The average molecular weight is 438 g/mol. The third kappa shape index (κ3) is 4.32. The summed E-state index contributed by atoms with van der Waals surface area (Å²) in [6.45, 7) is 0.586. The Kier molecular flexibility index (Phi) is 5.07. The summed E-state index contributed by atoms with van der Waals surface area (Å²) in [4.78, 5) is 14.4. The topological polar surface area (TPSA) is 77.2 Å². The van der Waals surface area contributed by atoms with E-state index in [0.29, 0.717) is 36.4 Å². The molecule has 0 aliphatic carbocycles. The summed E-state index contributed by atoms with van der Waals surface area (Å²) in [5.74, 6) is -0.704. The van der Waals surface area contributed by atoms with E-state index in [1.54, 1.807) is 35.9 Å². The molecule has 1 aliphatic heterocycles. The van der Waals surface area contributed by atoms with E-state index in [2.05, 4.69) is 15.5 Å². The molecule has 3 aromatic rings. The van der Waals surface area contributed by atoms with E-state index in [1.165, 1.54) is 10.9 Å². The summed E-state index contributed by atoms with van der Waals surface area (Å²) >= 11 is 0. The van der Waals surface area contributed by atoms with Crippen molar-refractivity contribution in [2.45, 2.75) is 12.3 Å². The van der Waals surface area contributed by atoms with Crippen molar-refractivity contribution in [3.8, 4) is 5.75 Å². The molecule has 0 atom stereocenters. The molecule has 1 aliphatic rings. The maximum absolute atomic E-state index is 13.6. The molecule has 164 valence electrons. The van der Waals surface area contributed by atoms with Crippen LogP contribution in [0, 0.1) is 5.82 Å². The Balaban J connectivity index is 1.43. The molecule has 1 aromatic carbocycles. The number of halogens is 4. The first-order chi connectivity index (χ1) is 14.6. The Hall–Kier alpha value is -3.57. The van der Waals surface area contributed by atoms with Crippen LogP contribution in [0.2, 0.25) is 0 Å². The Morgan fingerprint density at radius 3 is 2.61 bits per heavy atom. The molecule has 1 saturated heterocycles. The minimum absolute atomic E-state index is 0.199. The number of nitrogens with one attached hydrogen (secondary N) is 1. The van der Waals surface area contributed by atoms with Gasteiger partial charge in [0, 0.05) is 32.4 Å². The predicted octanol–water partition coefficient (Wildman–Crippen LogP) is 2.83. The minimum atomic E-state index is -4.67. The van der Waals surface area contributed by atoms with Gasteiger partial charge in [-0.15, -0.1) is 0 Å². The molecule has 12 heteroatoms. The number of hydrogen-bond donors (Lipinski definition) is 1. The zero-order valence-electron chi connectivity index (χ0n) is 16.5. The normalized spacial score (nSPS) is 14.5. The molecule has 8 nitrogen and oxygen atoms in total. The van der Waals surface area contributed by atoms with Gasteiger partial charge in [-0.1, -0.05) is 0 Å². The van der Waals surface area contributed by atoms with Gasteiger partial charge in [0.05, 0.1) is 24.8 Å². The van der Waals surface area contributed by atoms with Crippen molar-refractivity contribution in [1.29, 1.82) is 0 Å². The van der Waals surface area contributed by atoms with Gasteiger partial charge in [-0.2, -0.15) is 23.4 Å². The smallest absolute Gasteiger partial charge is 0.416 e. The highest BCUT2D eigenvalue weighted by Crippen LogP contribution is 2.34. The van der Waals surface area contributed by atoms with Gasteiger partial charge in [-0.25, -0.2) is 4.39 Å². The fourth-order valence-corrected chi connectivity index (χ4v) is 3.30. The van der Waals surface area contributed by atoms with Gasteiger partial charge in [-0.3, -0.25) is 14.2 Å². The van der Waals surface area contributed by atoms with Crippen LogP contribution >= 0.6 is 0 Å². The van der Waals surface area contributed by atoms with E-state index in [9.17, 15) is 22.4 Å². The third-order valence-corrected chi connectivity index (χ3v) is 4.76. The Bertz CT molecular complexity index is 1120. The number of anilines is 2. The van der Waals surface area contributed by atoms with Crippen LogP contribution in [0.15, 0.2) is 36.7 Å². The second-order valence-corrected chi connectivity index (χ2v) is 7.15. The number of carbonyl (C=O) groups excluding carboxylic acids is 1. The SMILES string of the molecule is Cn1ccc(NC(=O)c2cnn(C)c2N2CC(Oc3cc(F)cc(C(F)(F)F)c3)C2)n1. The number of ether oxygens (including phenoxy) is 1. The van der Waals surface area contributed by atoms with Crippen LogP contribution in [0.1, 0.15) is 15.9 Å². The lowest BCUT2D eigenvalue weighted by Crippen LogP contribution is -2.55. The number of alkyl halides is 3. The first kappa shape index (κ1) is 20.7. The quantitative estimate of drug-likeness (QED) is 0.620. The highest BCUT2D eigenvalue weighted by atomic mass is 19.4. The first-order valence-corrected chi connectivity index (χ1v) is 9.22. The number of nitrogens with zero attached hydrogens (tertiary/aromatic N) is 5. The second kappa shape index (κ2) is 7.60. The molecule has 0 bridgehead atoms. The maximum atomic E-state index is 13.6. The number of benzene rings is 1. The molecule has 0 saturated carbocycles. The molecule has 4 rings (SSSR count). The zero-order valence-corrected chi connectivity index (χ0v) is 16.5. The first-order valence-electron chi connectivity index (χ1n) is 9.22. The second-order valence-electron chi connectivity index (χ2n) is 7.15. The lowest BCUT2D eigenvalue weighted by Gasteiger charge is -2.40. The summed E-state index contributed by atoms with van der Waals surface area (Å²) < 4.78 is 60.7. The van der Waals surface area contributed by atoms with Gasteiger partial charge >= 0.3 is 6.18 Å². The van der Waals surface area contributed by atoms with E-state index in [-0.39, 0.29) is 5.75 Å². The van der Waals surface area contributed by atoms with E-state index in [4.69, 9.17) is 4.74 Å². The average Bonchev–Trinajstić information content (AvgIpc) is 3.22. The Labute approximate surface area is 174 Å². The summed E-state index contributed by atoms with van der Waals surface area (Å²) in [7, 11) is 3.39. The third-order valence-electron chi connectivity index (χ3n) is 4.76. The molecular weight excluding hydrogens is 420 g/mol. The standard InChI is InChI=1S/C19H18F4N6O2/c1-27-4-3-16(26-27)25-17(30)15-8-24-28(2)18(15)29-9-14(10-29)31-13-6-11(19(21,22)23)5-12(20)7-13/h3-8,14H,9-10H2,1-2H3,(H,25,26,30). The summed E-state index contributed by atoms with van der Waals surface area (Å²) in [5, 5.41) is 10.9. The largest absolute Gasteiger partial charge is 0.487 e. The molecule has 2 aromatic heterocycles. The summed E-state index contributed by atoms with van der Waals surface area (Å²) in [5.41, 5.74) is -0.796. The molecule has 1 fully saturated rings. The number of amides is 1. The van der Waals surface area contributed by atoms with Gasteiger partial charge in [0.25, 0.3) is 5.91 Å². The lowest BCUT2D eigenvalue weighted by molar-refractivity contribution is -0.137. The molecule has 0 unspecified atom stereocenters. The summed E-state index contributed by atoms with van der Waals surface area (Å²) in [6, 6.07) is 3.74. The molecule has 31 heavy (non-hydrogen) atoms. The molecular formula is C19H18F4N6O2. The molecule has 0 spiro atoms. The van der Waals surface area contributed by atoms with Crippen LogP contribution in [0.5, 0.6) is 5.75 Å². The number of hydrogen-bond acceptors (Lipinski definition) is 5. The van der Waals surface area contributed by atoms with Gasteiger partial charge < -0.3 is 15.0 Å². The fourth-order valence-electron chi connectivity index (χ4n) is 3.30. The van der Waals surface area contributed by atoms with E-state index >= 15 is 0 Å². The zero-order chi connectivity index (χ0) is 22.3. The van der Waals surface area contributed by atoms with Crippen molar-refractivity contribution >= 4 is 17.5 Å². The maximum Gasteiger partial charge on any atom is 0.416 e. The number of aryl methyl sites for hydroxylation is 2. The van der Waals surface area contributed by atoms with Crippen LogP contribution in [0.4, 0.5) is 29.2 Å². The van der Waals surface area contributed by atoms with Crippen molar-refractivity contribution in [1.82, 2.24) is 19.6 Å². The van der Waals surface area contributed by atoms with E-state index in [1.807, 2.05) is 0 Å². The van der Waals surface area contributed by atoms with Gasteiger partial charge in [0.2, 0.25) is 0 Å². The summed E-state index contributed by atoms with van der Waals surface area (Å²) in [6.07, 6.45) is -2.03. The van der Waals surface area contributed by atoms with Gasteiger partial charge in [0.1, 0.15) is 29.1 Å². The number of rotatable bonds is 5. The Morgan fingerprint density at radius 1 is 1.23 bits per heavy atom. The predicted molar refractivity (Wildman–Crippen MR) is 102 cm³/mol. The molecule has 1 N–H and O–H groups in total. The minimum Gasteiger partial charge on any atom is -0.487 e. The van der Waals surface area contributed by atoms with Crippen molar-refractivity contribution < 1.29 is 27.1 Å². The van der Waals surface area contributed by atoms with Gasteiger partial charge in [-0.05, 0) is 12.1 Å². The Morgan fingerprint density at radius 2 is 1.97 bits per heavy atom. The van der Waals surface area contributed by atoms with Crippen LogP contribution in [0.25, 0.3) is 0 Å². The lowest BCUT2D eigenvalue weighted by atomic mass is 10.1. The number of aromatic nitrogens is 4. The van der Waals surface area contributed by atoms with Crippen LogP contribution in [0.3, 0.4) is 0 Å². The van der Waals surface area contributed by atoms with E-state index < -0.39 is 29.6 Å². The van der Waals surface area contributed by atoms with Crippen molar-refractivity contribution in [3.63, 3.8) is 0 Å². The number of carbonyl (C=O) groups is 1. The van der Waals surface area contributed by atoms with Gasteiger partial charge in [0.15, 0.2) is 5.82 Å².